The molecule has 0 spiro atoms. The molecule has 1 aromatic carbocycles. The highest BCUT2D eigenvalue weighted by Gasteiger charge is 2.22. The van der Waals surface area contributed by atoms with Gasteiger partial charge >= 0.3 is 0 Å². The molecule has 0 amide bonds. The Morgan fingerprint density at radius 3 is 3.17 bits per heavy atom. The molecule has 4 aromatic rings. The number of nitrogen functional groups attached to an aromatic ring is 1. The highest BCUT2D eigenvalue weighted by Crippen LogP contribution is 2.34. The summed E-state index contributed by atoms with van der Waals surface area (Å²) in [5.74, 6) is 1.30. The van der Waals surface area contributed by atoms with E-state index in [1.165, 1.54) is 10.3 Å². The molecule has 0 saturated heterocycles. The number of aryl methyl sites for hydroxylation is 1. The van der Waals surface area contributed by atoms with Gasteiger partial charge < -0.3 is 5.73 Å². The van der Waals surface area contributed by atoms with Crippen LogP contribution in [-0.4, -0.2) is 30.5 Å². The van der Waals surface area contributed by atoms with Crippen LogP contribution < -0.4 is 5.73 Å². The number of rotatable bonds is 2. The third-order valence-corrected chi connectivity index (χ3v) is 5.72. The Morgan fingerprint density at radius 2 is 2.22 bits per heavy atom. The van der Waals surface area contributed by atoms with Crippen molar-refractivity contribution in [3.05, 3.63) is 35.0 Å². The van der Waals surface area contributed by atoms with E-state index in [0.717, 1.165) is 39.4 Å². The Kier molecular flexibility index (Phi) is 2.83. The third-order valence-electron chi connectivity index (χ3n) is 3.95. The lowest BCUT2D eigenvalue weighted by Crippen LogP contribution is -2.04. The molecule has 114 valence electrons. The summed E-state index contributed by atoms with van der Waals surface area (Å²) in [5, 5.41) is 6.78. The Bertz CT molecular complexity index is 1050. The van der Waals surface area contributed by atoms with Gasteiger partial charge in [-0.15, -0.1) is 23.1 Å². The van der Waals surface area contributed by atoms with Gasteiger partial charge in [0.25, 0.3) is 0 Å². The SMILES string of the molecule is Nc1nc2c3c(nn(Cc4ccc5ncsc5c4)c3n1)CCS2. The van der Waals surface area contributed by atoms with Crippen molar-refractivity contribution >= 4 is 50.3 Å². The van der Waals surface area contributed by atoms with Crippen LogP contribution in [0.25, 0.3) is 21.3 Å². The molecule has 0 fully saturated rings. The number of fused-ring (bicyclic) bond motifs is 1. The van der Waals surface area contributed by atoms with Crippen LogP contribution in [-0.2, 0) is 13.0 Å². The van der Waals surface area contributed by atoms with Crippen molar-refractivity contribution in [1.82, 2.24) is 24.7 Å². The lowest BCUT2D eigenvalue weighted by molar-refractivity contribution is 0.690. The van der Waals surface area contributed by atoms with Crippen LogP contribution in [0.1, 0.15) is 11.3 Å². The van der Waals surface area contributed by atoms with Gasteiger partial charge in [0.1, 0.15) is 5.03 Å². The van der Waals surface area contributed by atoms with Crippen LogP contribution >= 0.6 is 23.1 Å². The third kappa shape index (κ3) is 2.09. The first-order valence-corrected chi connectivity index (χ1v) is 9.12. The van der Waals surface area contributed by atoms with Gasteiger partial charge in [0.15, 0.2) is 5.65 Å². The zero-order valence-corrected chi connectivity index (χ0v) is 13.7. The minimum absolute atomic E-state index is 0.313. The van der Waals surface area contributed by atoms with Crippen LogP contribution in [0.5, 0.6) is 0 Å². The standard InChI is InChI=1S/C15H12N6S2/c16-15-18-13-12-10(3-4-22-14(12)19-15)20-21(13)6-8-1-2-9-11(5-8)23-7-17-9/h1-2,5,7H,3-4,6H2,(H2,16,18,19). The molecule has 0 atom stereocenters. The fraction of sp³-hybridized carbons (Fsp3) is 0.200. The lowest BCUT2D eigenvalue weighted by Gasteiger charge is -2.08. The van der Waals surface area contributed by atoms with E-state index in [1.807, 2.05) is 10.2 Å². The molecule has 1 aliphatic heterocycles. The molecule has 1 aliphatic rings. The predicted octanol–water partition coefficient (Wildman–Crippen LogP) is 2.71. The highest BCUT2D eigenvalue weighted by molar-refractivity contribution is 7.99. The summed E-state index contributed by atoms with van der Waals surface area (Å²) < 4.78 is 3.13. The molecular weight excluding hydrogens is 328 g/mol. The molecule has 4 heterocycles. The molecule has 0 bridgehead atoms. The average Bonchev–Trinajstić information content (AvgIpc) is 3.13. The first kappa shape index (κ1) is 13.3. The maximum atomic E-state index is 5.87. The summed E-state index contributed by atoms with van der Waals surface area (Å²) in [6, 6.07) is 6.31. The Balaban J connectivity index is 1.65. The number of thiazole rings is 1. The summed E-state index contributed by atoms with van der Waals surface area (Å²) >= 11 is 3.38. The molecule has 0 saturated carbocycles. The van der Waals surface area contributed by atoms with Crippen LogP contribution in [0.2, 0.25) is 0 Å². The number of hydrogen-bond donors (Lipinski definition) is 1. The number of benzene rings is 1. The highest BCUT2D eigenvalue weighted by atomic mass is 32.2. The van der Waals surface area contributed by atoms with E-state index in [2.05, 4.69) is 33.2 Å². The minimum Gasteiger partial charge on any atom is -0.368 e. The Labute approximate surface area is 139 Å². The molecule has 8 heteroatoms. The van der Waals surface area contributed by atoms with Crippen molar-refractivity contribution < 1.29 is 0 Å². The zero-order chi connectivity index (χ0) is 15.4. The summed E-state index contributed by atoms with van der Waals surface area (Å²) in [5.41, 5.74) is 11.9. The number of thioether (sulfide) groups is 1. The van der Waals surface area contributed by atoms with Crippen molar-refractivity contribution in [1.29, 1.82) is 0 Å². The normalized spacial score (nSPS) is 13.9. The molecule has 3 aromatic heterocycles. The fourth-order valence-electron chi connectivity index (χ4n) is 2.93. The van der Waals surface area contributed by atoms with Crippen molar-refractivity contribution in [3.8, 4) is 0 Å². The van der Waals surface area contributed by atoms with E-state index >= 15 is 0 Å². The van der Waals surface area contributed by atoms with Crippen molar-refractivity contribution in [2.75, 3.05) is 11.5 Å². The van der Waals surface area contributed by atoms with Crippen molar-refractivity contribution in [2.24, 2.45) is 0 Å². The molecule has 23 heavy (non-hydrogen) atoms. The van der Waals surface area contributed by atoms with E-state index in [9.17, 15) is 0 Å². The number of nitrogens with zero attached hydrogens (tertiary/aromatic N) is 5. The first-order valence-electron chi connectivity index (χ1n) is 7.26. The van der Waals surface area contributed by atoms with E-state index in [4.69, 9.17) is 10.8 Å². The van der Waals surface area contributed by atoms with Crippen LogP contribution in [0.15, 0.2) is 28.7 Å². The average molecular weight is 340 g/mol. The fourth-order valence-corrected chi connectivity index (χ4v) is 4.67. The molecule has 0 aliphatic carbocycles. The van der Waals surface area contributed by atoms with Gasteiger partial charge in [0.2, 0.25) is 5.95 Å². The summed E-state index contributed by atoms with van der Waals surface area (Å²) in [6.07, 6.45) is 0.947. The second kappa shape index (κ2) is 4.90. The van der Waals surface area contributed by atoms with Gasteiger partial charge in [0, 0.05) is 12.2 Å². The quantitative estimate of drug-likeness (QED) is 0.565. The first-order chi connectivity index (χ1) is 11.3. The number of hydrogen-bond acceptors (Lipinski definition) is 7. The summed E-state index contributed by atoms with van der Waals surface area (Å²) in [6.45, 7) is 0.672. The Hall–Kier alpha value is -2.19. The van der Waals surface area contributed by atoms with E-state index < -0.39 is 0 Å². The summed E-state index contributed by atoms with van der Waals surface area (Å²) in [4.78, 5) is 13.1. The molecule has 0 unspecified atom stereocenters. The molecule has 0 radical (unpaired) electrons. The molecule has 2 N–H and O–H groups in total. The van der Waals surface area contributed by atoms with E-state index in [-0.39, 0.29) is 0 Å². The summed E-state index contributed by atoms with van der Waals surface area (Å²) in [7, 11) is 0. The second-order valence-electron chi connectivity index (χ2n) is 5.44. The van der Waals surface area contributed by atoms with Crippen LogP contribution in [0, 0.1) is 0 Å². The largest absolute Gasteiger partial charge is 0.368 e. The van der Waals surface area contributed by atoms with Crippen molar-refractivity contribution in [2.45, 2.75) is 18.0 Å². The topological polar surface area (TPSA) is 82.5 Å². The number of anilines is 1. The predicted molar refractivity (Wildman–Crippen MR) is 92.9 cm³/mol. The molecule has 5 rings (SSSR count). The monoisotopic (exact) mass is 340 g/mol. The van der Waals surface area contributed by atoms with Gasteiger partial charge in [-0.1, -0.05) is 6.07 Å². The van der Waals surface area contributed by atoms with Crippen LogP contribution in [0.3, 0.4) is 0 Å². The van der Waals surface area contributed by atoms with E-state index in [1.54, 1.807) is 23.1 Å². The maximum Gasteiger partial charge on any atom is 0.223 e. The molecular formula is C15H12N6S2. The van der Waals surface area contributed by atoms with Gasteiger partial charge in [0.05, 0.1) is 33.4 Å². The van der Waals surface area contributed by atoms with E-state index in [0.29, 0.717) is 12.5 Å². The minimum atomic E-state index is 0.313. The number of aromatic nitrogens is 5. The number of nitrogens with two attached hydrogens (primary N) is 1. The smallest absolute Gasteiger partial charge is 0.223 e. The van der Waals surface area contributed by atoms with Gasteiger partial charge in [-0.2, -0.15) is 10.1 Å². The lowest BCUT2D eigenvalue weighted by atomic mass is 10.2. The van der Waals surface area contributed by atoms with Gasteiger partial charge in [-0.25, -0.2) is 14.6 Å². The molecule has 6 nitrogen and oxygen atoms in total. The van der Waals surface area contributed by atoms with Crippen molar-refractivity contribution in [3.63, 3.8) is 0 Å². The second-order valence-corrected chi connectivity index (χ2v) is 7.41. The van der Waals surface area contributed by atoms with Gasteiger partial charge in [-0.05, 0) is 17.7 Å². The maximum absolute atomic E-state index is 5.87. The zero-order valence-electron chi connectivity index (χ0n) is 12.1. The Morgan fingerprint density at radius 1 is 1.26 bits per heavy atom. The van der Waals surface area contributed by atoms with Crippen LogP contribution in [0.4, 0.5) is 5.95 Å². The van der Waals surface area contributed by atoms with Gasteiger partial charge in [-0.3, -0.25) is 0 Å².